The van der Waals surface area contributed by atoms with E-state index in [4.69, 9.17) is 0 Å². The molecule has 3 rings (SSSR count). The van der Waals surface area contributed by atoms with Crippen molar-refractivity contribution in [2.75, 3.05) is 0 Å². The number of imide groups is 1. The second-order valence-corrected chi connectivity index (χ2v) is 8.17. The van der Waals surface area contributed by atoms with Crippen LogP contribution in [0.1, 0.15) is 30.5 Å². The Morgan fingerprint density at radius 3 is 2.78 bits per heavy atom. The Morgan fingerprint density at radius 1 is 1.39 bits per heavy atom. The van der Waals surface area contributed by atoms with Crippen LogP contribution in [0.15, 0.2) is 22.1 Å². The SMILES string of the molecule is CC(C)n1cc(C[C@@H]2NC(=O)N(Cc3ccc(Br)s3)C2=O)nn1. The van der Waals surface area contributed by atoms with Crippen LogP contribution in [0.5, 0.6) is 0 Å². The van der Waals surface area contributed by atoms with Gasteiger partial charge < -0.3 is 5.32 Å². The van der Waals surface area contributed by atoms with Crippen LogP contribution in [0.4, 0.5) is 4.79 Å². The topological polar surface area (TPSA) is 80.1 Å². The fourth-order valence-corrected chi connectivity index (χ4v) is 3.80. The number of amides is 3. The summed E-state index contributed by atoms with van der Waals surface area (Å²) in [6, 6.07) is 3.07. The highest BCUT2D eigenvalue weighted by molar-refractivity contribution is 9.11. The lowest BCUT2D eigenvalue weighted by Gasteiger charge is -2.11. The predicted octanol–water partition coefficient (Wildman–Crippen LogP) is 2.35. The van der Waals surface area contributed by atoms with E-state index in [1.54, 1.807) is 4.68 Å². The van der Waals surface area contributed by atoms with Gasteiger partial charge in [0.2, 0.25) is 0 Å². The summed E-state index contributed by atoms with van der Waals surface area (Å²) in [5.74, 6) is -0.224. The van der Waals surface area contributed by atoms with Gasteiger partial charge in [-0.25, -0.2) is 9.48 Å². The number of nitrogens with zero attached hydrogens (tertiary/aromatic N) is 4. The maximum absolute atomic E-state index is 12.5. The van der Waals surface area contributed by atoms with E-state index >= 15 is 0 Å². The standard InChI is InChI=1S/C14H16BrN5O2S/c1-8(2)20-6-9(17-18-20)5-11-13(21)19(14(22)16-11)7-10-3-4-12(15)23-10/h3-4,6,8,11H,5,7H2,1-2H3,(H,16,22)/t11-/m0/s1. The molecule has 122 valence electrons. The largest absolute Gasteiger partial charge is 0.325 e. The average molecular weight is 398 g/mol. The van der Waals surface area contributed by atoms with Crippen molar-refractivity contribution in [3.05, 3.63) is 32.7 Å². The summed E-state index contributed by atoms with van der Waals surface area (Å²) in [7, 11) is 0. The Hall–Kier alpha value is -1.74. The average Bonchev–Trinajstić information content (AvgIpc) is 3.17. The summed E-state index contributed by atoms with van der Waals surface area (Å²) in [5, 5.41) is 10.8. The van der Waals surface area contributed by atoms with Gasteiger partial charge in [0.05, 0.1) is 16.0 Å². The second-order valence-electron chi connectivity index (χ2n) is 5.62. The van der Waals surface area contributed by atoms with Crippen molar-refractivity contribution in [1.82, 2.24) is 25.2 Å². The molecule has 1 atom stereocenters. The molecule has 1 saturated heterocycles. The zero-order chi connectivity index (χ0) is 16.6. The fraction of sp³-hybridized carbons (Fsp3) is 0.429. The molecule has 0 aromatic carbocycles. The summed E-state index contributed by atoms with van der Waals surface area (Å²) >= 11 is 4.89. The number of thiophene rings is 1. The van der Waals surface area contributed by atoms with E-state index in [9.17, 15) is 9.59 Å². The van der Waals surface area contributed by atoms with Gasteiger partial charge in [-0.1, -0.05) is 5.21 Å². The molecule has 0 spiro atoms. The summed E-state index contributed by atoms with van der Waals surface area (Å²) in [5.41, 5.74) is 0.693. The highest BCUT2D eigenvalue weighted by Crippen LogP contribution is 2.24. The Bertz CT molecular complexity index is 741. The number of halogens is 1. The minimum Gasteiger partial charge on any atom is -0.325 e. The number of hydrogen-bond donors (Lipinski definition) is 1. The van der Waals surface area contributed by atoms with Crippen LogP contribution in [0.2, 0.25) is 0 Å². The Labute approximate surface area is 145 Å². The van der Waals surface area contributed by atoms with Crippen molar-refractivity contribution in [3.8, 4) is 0 Å². The predicted molar refractivity (Wildman–Crippen MR) is 89.0 cm³/mol. The summed E-state index contributed by atoms with van der Waals surface area (Å²) in [6.45, 7) is 4.29. The number of carbonyl (C=O) groups is 2. The molecule has 1 fully saturated rings. The lowest BCUT2D eigenvalue weighted by molar-refractivity contribution is -0.127. The minimum absolute atomic E-state index is 0.207. The van der Waals surface area contributed by atoms with Crippen LogP contribution in [-0.2, 0) is 17.8 Å². The van der Waals surface area contributed by atoms with Gasteiger partial charge in [0.1, 0.15) is 6.04 Å². The lowest BCUT2D eigenvalue weighted by Crippen LogP contribution is -2.32. The summed E-state index contributed by atoms with van der Waals surface area (Å²) < 4.78 is 2.71. The number of urea groups is 1. The maximum Gasteiger partial charge on any atom is 0.325 e. The highest BCUT2D eigenvalue weighted by Gasteiger charge is 2.38. The van der Waals surface area contributed by atoms with E-state index in [1.807, 2.05) is 32.2 Å². The van der Waals surface area contributed by atoms with Crippen molar-refractivity contribution < 1.29 is 9.59 Å². The molecular weight excluding hydrogens is 382 g/mol. The fourth-order valence-electron chi connectivity index (χ4n) is 2.33. The van der Waals surface area contributed by atoms with Crippen molar-refractivity contribution in [1.29, 1.82) is 0 Å². The molecule has 1 aliphatic heterocycles. The first-order valence-corrected chi connectivity index (χ1v) is 8.82. The first-order chi connectivity index (χ1) is 10.9. The van der Waals surface area contributed by atoms with Crippen LogP contribution in [0.25, 0.3) is 0 Å². The zero-order valence-electron chi connectivity index (χ0n) is 12.7. The van der Waals surface area contributed by atoms with Crippen molar-refractivity contribution >= 4 is 39.2 Å². The maximum atomic E-state index is 12.5. The molecule has 0 bridgehead atoms. The van der Waals surface area contributed by atoms with Gasteiger partial charge in [-0.15, -0.1) is 16.4 Å². The van der Waals surface area contributed by atoms with Gasteiger partial charge in [0.15, 0.2) is 0 Å². The van der Waals surface area contributed by atoms with E-state index in [1.165, 1.54) is 16.2 Å². The molecular formula is C14H16BrN5O2S. The third-order valence-corrected chi connectivity index (χ3v) is 5.16. The molecule has 3 amide bonds. The number of aromatic nitrogens is 3. The quantitative estimate of drug-likeness (QED) is 0.785. The molecule has 1 N–H and O–H groups in total. The first-order valence-electron chi connectivity index (χ1n) is 7.21. The molecule has 2 aromatic rings. The third-order valence-electron chi connectivity index (χ3n) is 3.55. The Balaban J connectivity index is 1.67. The van der Waals surface area contributed by atoms with E-state index < -0.39 is 6.04 Å². The van der Waals surface area contributed by atoms with Gasteiger partial charge in [0, 0.05) is 23.5 Å². The van der Waals surface area contributed by atoms with Crippen molar-refractivity contribution in [2.24, 2.45) is 0 Å². The van der Waals surface area contributed by atoms with Gasteiger partial charge in [-0.2, -0.15) is 0 Å². The first kappa shape index (κ1) is 16.1. The Kier molecular flexibility index (Phi) is 4.49. The molecule has 0 saturated carbocycles. The van der Waals surface area contributed by atoms with Crippen LogP contribution >= 0.6 is 27.3 Å². The van der Waals surface area contributed by atoms with E-state index in [0.717, 1.165) is 8.66 Å². The molecule has 0 unspecified atom stereocenters. The van der Waals surface area contributed by atoms with Crippen LogP contribution in [0.3, 0.4) is 0 Å². The van der Waals surface area contributed by atoms with Gasteiger partial charge in [0.25, 0.3) is 5.91 Å². The van der Waals surface area contributed by atoms with E-state index in [2.05, 4.69) is 31.6 Å². The number of nitrogens with one attached hydrogen (secondary N) is 1. The molecule has 3 heterocycles. The van der Waals surface area contributed by atoms with Gasteiger partial charge in [-0.3, -0.25) is 9.69 Å². The lowest BCUT2D eigenvalue weighted by atomic mass is 10.1. The van der Waals surface area contributed by atoms with Crippen LogP contribution in [0, 0.1) is 0 Å². The van der Waals surface area contributed by atoms with E-state index in [-0.39, 0.29) is 24.5 Å². The number of carbonyl (C=O) groups excluding carboxylic acids is 2. The van der Waals surface area contributed by atoms with E-state index in [0.29, 0.717) is 12.1 Å². The second kappa shape index (κ2) is 6.40. The highest BCUT2D eigenvalue weighted by atomic mass is 79.9. The minimum atomic E-state index is -0.580. The number of hydrogen-bond acceptors (Lipinski definition) is 5. The van der Waals surface area contributed by atoms with Crippen LogP contribution < -0.4 is 5.32 Å². The molecule has 2 aromatic heterocycles. The molecule has 7 nitrogen and oxygen atoms in total. The molecule has 9 heteroatoms. The zero-order valence-corrected chi connectivity index (χ0v) is 15.1. The summed E-state index contributed by atoms with van der Waals surface area (Å²) in [4.78, 5) is 26.7. The Morgan fingerprint density at radius 2 is 2.17 bits per heavy atom. The normalized spacial score (nSPS) is 18.1. The number of rotatable bonds is 5. The van der Waals surface area contributed by atoms with Crippen molar-refractivity contribution in [3.63, 3.8) is 0 Å². The summed E-state index contributed by atoms with van der Waals surface area (Å²) in [6.07, 6.45) is 2.16. The van der Waals surface area contributed by atoms with Crippen molar-refractivity contribution in [2.45, 2.75) is 38.9 Å². The molecule has 0 aliphatic carbocycles. The monoisotopic (exact) mass is 397 g/mol. The molecule has 0 radical (unpaired) electrons. The molecule has 23 heavy (non-hydrogen) atoms. The van der Waals surface area contributed by atoms with Crippen LogP contribution in [-0.4, -0.2) is 37.9 Å². The third kappa shape index (κ3) is 3.45. The van der Waals surface area contributed by atoms with Gasteiger partial charge >= 0.3 is 6.03 Å². The smallest absolute Gasteiger partial charge is 0.325 e. The van der Waals surface area contributed by atoms with Gasteiger partial charge in [-0.05, 0) is 41.9 Å². The molecule has 1 aliphatic rings.